The molecule has 0 radical (unpaired) electrons. The van der Waals surface area contributed by atoms with Crippen molar-refractivity contribution in [2.45, 2.75) is 58.8 Å². The quantitative estimate of drug-likeness (QED) is 0.383. The van der Waals surface area contributed by atoms with E-state index in [1.807, 2.05) is 0 Å². The summed E-state index contributed by atoms with van der Waals surface area (Å²) in [5, 5.41) is 13.5. The first-order chi connectivity index (χ1) is 7.24. The molecule has 0 aliphatic carbocycles. The van der Waals surface area contributed by atoms with Crippen LogP contribution in [0.15, 0.2) is 0 Å². The highest BCUT2D eigenvalue weighted by atomic mass is 16.1. The zero-order valence-electron chi connectivity index (χ0n) is 9.66. The summed E-state index contributed by atoms with van der Waals surface area (Å²) in [5.74, 6) is 0. The molecule has 0 rings (SSSR count). The molecule has 0 aliphatic heterocycles. The summed E-state index contributed by atoms with van der Waals surface area (Å²) in [7, 11) is 0. The molecule has 4 nitrogen and oxygen atoms in total. The van der Waals surface area contributed by atoms with Gasteiger partial charge >= 0.3 is 0 Å². The van der Waals surface area contributed by atoms with E-state index in [0.29, 0.717) is 12.2 Å². The standard InChI is InChI=1S/C9H20.2CNO/c1-3-5-7-9-8-6-4-2;2*2-1-3/h3-9H2,1-2H3;;/q;2*-1. The van der Waals surface area contributed by atoms with Crippen LogP contribution in [0.4, 0.5) is 0 Å². The molecule has 0 heterocycles. The highest BCUT2D eigenvalue weighted by molar-refractivity contribution is 5.37. The normalized spacial score (nSPS) is 7.07. The van der Waals surface area contributed by atoms with E-state index in [9.17, 15) is 0 Å². The van der Waals surface area contributed by atoms with Crippen molar-refractivity contribution >= 4 is 12.2 Å². The molecule has 0 N–H and O–H groups in total. The molecule has 0 unspecified atom stereocenters. The first kappa shape index (κ1) is 19.4. The molecule has 4 heteroatoms. The van der Waals surface area contributed by atoms with Gasteiger partial charge in [-0.15, -0.1) is 0 Å². The maximum atomic E-state index is 8.24. The van der Waals surface area contributed by atoms with Crippen molar-refractivity contribution in [1.82, 2.24) is 0 Å². The predicted molar refractivity (Wildman–Crippen MR) is 61.8 cm³/mol. The average Bonchev–Trinajstić information content (AvgIpc) is 2.20. The SMILES string of the molecule is CCCCCCCCC.[N-]=C=O.[N-]=C=O. The molecule has 0 spiro atoms. The van der Waals surface area contributed by atoms with E-state index < -0.39 is 0 Å². The van der Waals surface area contributed by atoms with Crippen molar-refractivity contribution in [3.05, 3.63) is 10.8 Å². The van der Waals surface area contributed by atoms with E-state index in [1.54, 1.807) is 0 Å². The Balaban J connectivity index is -0.000000200. The number of rotatable bonds is 6. The number of unbranched alkanes of at least 4 members (excludes halogenated alkanes) is 6. The number of nitrogens with zero attached hydrogens (tertiary/aromatic N) is 2. The van der Waals surface area contributed by atoms with Gasteiger partial charge in [-0.05, 0) is 12.2 Å². The molecular formula is C11H20N2O2-2. The number of isocyanates is 2. The Hall–Kier alpha value is -1.24. The minimum Gasteiger partial charge on any atom is -0.724 e. The van der Waals surface area contributed by atoms with Crippen LogP contribution in [0.3, 0.4) is 0 Å². The van der Waals surface area contributed by atoms with Gasteiger partial charge in [0.2, 0.25) is 0 Å². The molecule has 0 aromatic heterocycles. The highest BCUT2D eigenvalue weighted by Crippen LogP contribution is 2.05. The van der Waals surface area contributed by atoms with Crippen molar-refractivity contribution in [2.24, 2.45) is 0 Å². The number of hydrogen-bond acceptors (Lipinski definition) is 2. The van der Waals surface area contributed by atoms with Crippen LogP contribution >= 0.6 is 0 Å². The molecule has 0 saturated carbocycles. The minimum atomic E-state index is 0.500. The number of hydrogen-bond donors (Lipinski definition) is 0. The zero-order valence-corrected chi connectivity index (χ0v) is 9.66. The van der Waals surface area contributed by atoms with Gasteiger partial charge in [-0.2, -0.15) is 0 Å². The molecule has 0 fully saturated rings. The summed E-state index contributed by atoms with van der Waals surface area (Å²) in [6, 6.07) is 0. The maximum Gasteiger partial charge on any atom is -0.0159 e. The van der Waals surface area contributed by atoms with Crippen molar-refractivity contribution in [3.8, 4) is 0 Å². The Bertz CT molecular complexity index is 140. The third-order valence-electron chi connectivity index (χ3n) is 1.71. The Morgan fingerprint density at radius 2 is 0.933 bits per heavy atom. The average molecular weight is 212 g/mol. The zero-order chi connectivity index (χ0) is 12.4. The van der Waals surface area contributed by atoms with E-state index in [-0.39, 0.29) is 0 Å². The van der Waals surface area contributed by atoms with Gasteiger partial charge in [-0.3, -0.25) is 9.59 Å². The first-order valence-electron chi connectivity index (χ1n) is 5.27. The van der Waals surface area contributed by atoms with Crippen molar-refractivity contribution in [2.75, 3.05) is 0 Å². The van der Waals surface area contributed by atoms with Crippen LogP contribution in [0.5, 0.6) is 0 Å². The van der Waals surface area contributed by atoms with Crippen LogP contribution in [0.1, 0.15) is 58.8 Å². The Labute approximate surface area is 92.1 Å². The second-order valence-corrected chi connectivity index (χ2v) is 2.95. The molecule has 0 aromatic carbocycles. The second kappa shape index (κ2) is 29.3. The maximum absolute atomic E-state index is 8.24. The Morgan fingerprint density at radius 1 is 0.733 bits per heavy atom. The lowest BCUT2D eigenvalue weighted by molar-refractivity contribution is 0.568. The molecule has 0 aliphatic rings. The lowest BCUT2D eigenvalue weighted by atomic mass is 10.1. The summed E-state index contributed by atoms with van der Waals surface area (Å²) in [6.07, 6.45) is 11.0. The lowest BCUT2D eigenvalue weighted by Crippen LogP contribution is -1.76. The molecular weight excluding hydrogens is 192 g/mol. The van der Waals surface area contributed by atoms with E-state index in [0.717, 1.165) is 0 Å². The molecule has 15 heavy (non-hydrogen) atoms. The molecule has 0 amide bonds. The third kappa shape index (κ3) is 65.2. The third-order valence-corrected chi connectivity index (χ3v) is 1.71. The fraction of sp³-hybridized carbons (Fsp3) is 0.818. The van der Waals surface area contributed by atoms with Crippen LogP contribution in [-0.2, 0) is 9.59 Å². The summed E-state index contributed by atoms with van der Waals surface area (Å²) >= 11 is 0. The van der Waals surface area contributed by atoms with Crippen LogP contribution in [0.2, 0.25) is 0 Å². The van der Waals surface area contributed by atoms with Gasteiger partial charge in [-0.25, -0.2) is 0 Å². The van der Waals surface area contributed by atoms with Gasteiger partial charge in [0, 0.05) is 0 Å². The summed E-state index contributed by atoms with van der Waals surface area (Å²) in [6.45, 7) is 4.53. The Kier molecular flexibility index (Phi) is 37.8. The van der Waals surface area contributed by atoms with E-state index in [4.69, 9.17) is 20.4 Å². The monoisotopic (exact) mass is 212 g/mol. The summed E-state index contributed by atoms with van der Waals surface area (Å²) in [4.78, 5) is 16.5. The smallest absolute Gasteiger partial charge is 0.0159 e. The number of carbonyl (C=O) groups excluding carboxylic acids is 2. The first-order valence-corrected chi connectivity index (χ1v) is 5.27. The molecule has 88 valence electrons. The minimum absolute atomic E-state index is 0.500. The second-order valence-electron chi connectivity index (χ2n) is 2.95. The van der Waals surface area contributed by atoms with Crippen molar-refractivity contribution in [3.63, 3.8) is 0 Å². The van der Waals surface area contributed by atoms with E-state index in [2.05, 4.69) is 13.8 Å². The summed E-state index contributed by atoms with van der Waals surface area (Å²) < 4.78 is 0. The molecule has 0 atom stereocenters. The van der Waals surface area contributed by atoms with Gasteiger partial charge in [0.1, 0.15) is 0 Å². The topological polar surface area (TPSA) is 78.7 Å². The van der Waals surface area contributed by atoms with Gasteiger partial charge in [-0.1, -0.05) is 58.8 Å². The van der Waals surface area contributed by atoms with Crippen LogP contribution in [0.25, 0.3) is 10.8 Å². The predicted octanol–water partition coefficient (Wildman–Crippen LogP) is 3.54. The van der Waals surface area contributed by atoms with Gasteiger partial charge in [0.05, 0.1) is 0 Å². The van der Waals surface area contributed by atoms with Gasteiger partial charge < -0.3 is 10.8 Å². The van der Waals surface area contributed by atoms with Gasteiger partial charge in [0.15, 0.2) is 0 Å². The molecule has 0 aromatic rings. The van der Waals surface area contributed by atoms with Crippen LogP contribution < -0.4 is 0 Å². The summed E-state index contributed by atoms with van der Waals surface area (Å²) in [5.41, 5.74) is 0. The molecule has 0 saturated heterocycles. The van der Waals surface area contributed by atoms with Crippen molar-refractivity contribution in [1.29, 1.82) is 0 Å². The molecule has 0 bridgehead atoms. The largest absolute Gasteiger partial charge is 0.724 e. The lowest BCUT2D eigenvalue weighted by Gasteiger charge is -1.96. The highest BCUT2D eigenvalue weighted by Gasteiger charge is 1.85. The fourth-order valence-electron chi connectivity index (χ4n) is 1.03. The fourth-order valence-corrected chi connectivity index (χ4v) is 1.03. The van der Waals surface area contributed by atoms with Crippen molar-refractivity contribution < 1.29 is 9.59 Å². The van der Waals surface area contributed by atoms with Gasteiger partial charge in [0.25, 0.3) is 0 Å². The Morgan fingerprint density at radius 3 is 1.13 bits per heavy atom. The van der Waals surface area contributed by atoms with E-state index in [1.165, 1.54) is 44.9 Å². The van der Waals surface area contributed by atoms with E-state index >= 15 is 0 Å². The van der Waals surface area contributed by atoms with Crippen LogP contribution in [-0.4, -0.2) is 12.2 Å². The van der Waals surface area contributed by atoms with Crippen LogP contribution in [0, 0.1) is 0 Å².